The topological polar surface area (TPSA) is 0 Å². The summed E-state index contributed by atoms with van der Waals surface area (Å²) in [6.07, 6.45) is 11.0. The number of hydrogen-bond acceptors (Lipinski definition) is 0. The summed E-state index contributed by atoms with van der Waals surface area (Å²) in [6, 6.07) is 0. The van der Waals surface area contributed by atoms with Gasteiger partial charge in [-0.1, -0.05) is 31.2 Å². The highest BCUT2D eigenvalue weighted by Gasteiger charge is 1.73. The molecule has 0 aliphatic carbocycles. The van der Waals surface area contributed by atoms with E-state index in [4.69, 9.17) is 0 Å². The number of rotatable bonds is 4. The van der Waals surface area contributed by atoms with E-state index in [9.17, 15) is 0 Å². The third kappa shape index (κ3) is 7.91. The van der Waals surface area contributed by atoms with Gasteiger partial charge in [-0.2, -0.15) is 0 Å². The predicted molar refractivity (Wildman–Crippen MR) is 47.7 cm³/mol. The van der Waals surface area contributed by atoms with Crippen molar-refractivity contribution in [2.45, 2.75) is 13.8 Å². The van der Waals surface area contributed by atoms with Gasteiger partial charge in [0.2, 0.25) is 0 Å². The zero-order valence-electron chi connectivity index (χ0n) is 6.22. The highest BCUT2D eigenvalue weighted by molar-refractivity contribution is 7.38. The van der Waals surface area contributed by atoms with Crippen LogP contribution >= 0.6 is 8.58 Å². The van der Waals surface area contributed by atoms with Crippen LogP contribution in [0.1, 0.15) is 13.8 Å². The highest BCUT2D eigenvalue weighted by atomic mass is 31.1. The molecule has 0 fully saturated rings. The zero-order valence-corrected chi connectivity index (χ0v) is 7.22. The third-order valence-electron chi connectivity index (χ3n) is 0.952. The van der Waals surface area contributed by atoms with E-state index >= 15 is 0 Å². The normalized spacial score (nSPS) is 13.1. The van der Waals surface area contributed by atoms with Crippen LogP contribution in [0.2, 0.25) is 0 Å². The molecule has 0 nitrogen and oxygen atoms in total. The number of hydrogen-bond donors (Lipinski definition) is 0. The summed E-state index contributed by atoms with van der Waals surface area (Å²) in [5, 5.41) is 0. The van der Waals surface area contributed by atoms with Gasteiger partial charge in [0.05, 0.1) is 0 Å². The molecule has 0 aliphatic heterocycles. The summed E-state index contributed by atoms with van der Waals surface area (Å²) < 4.78 is 0. The number of allylic oxidation sites excluding steroid dienone is 4. The van der Waals surface area contributed by atoms with E-state index in [0.29, 0.717) is 0 Å². The summed E-state index contributed by atoms with van der Waals surface area (Å²) in [5.41, 5.74) is 0. The molecular formula is C8H15P. The maximum Gasteiger partial charge on any atom is -0.0169 e. The van der Waals surface area contributed by atoms with Crippen LogP contribution in [0.15, 0.2) is 24.3 Å². The Balaban J connectivity index is 3.04. The fourth-order valence-electron chi connectivity index (χ4n) is 0.485. The van der Waals surface area contributed by atoms with E-state index in [1.807, 2.05) is 13.0 Å². The van der Waals surface area contributed by atoms with Gasteiger partial charge in [-0.15, -0.1) is 8.58 Å². The summed E-state index contributed by atoms with van der Waals surface area (Å²) >= 11 is 0. The van der Waals surface area contributed by atoms with Crippen LogP contribution in [0.3, 0.4) is 0 Å². The molecule has 0 bridgehead atoms. The molecule has 0 heterocycles. The van der Waals surface area contributed by atoms with Gasteiger partial charge in [-0.05, 0) is 19.2 Å². The minimum Gasteiger partial charge on any atom is -0.118 e. The van der Waals surface area contributed by atoms with Crippen molar-refractivity contribution in [3.63, 3.8) is 0 Å². The minimum absolute atomic E-state index is 1.11. The Morgan fingerprint density at radius 1 is 1.33 bits per heavy atom. The van der Waals surface area contributed by atoms with E-state index in [0.717, 1.165) is 8.58 Å². The Labute approximate surface area is 59.8 Å². The maximum atomic E-state index is 2.22. The van der Waals surface area contributed by atoms with E-state index in [-0.39, 0.29) is 0 Å². The lowest BCUT2D eigenvalue weighted by Gasteiger charge is -1.85. The van der Waals surface area contributed by atoms with Crippen LogP contribution in [0, 0.1) is 0 Å². The first kappa shape index (κ1) is 8.91. The van der Waals surface area contributed by atoms with Crippen LogP contribution in [-0.2, 0) is 0 Å². The largest absolute Gasteiger partial charge is 0.118 e. The van der Waals surface area contributed by atoms with Gasteiger partial charge < -0.3 is 0 Å². The second-order valence-electron chi connectivity index (χ2n) is 1.76. The van der Waals surface area contributed by atoms with E-state index < -0.39 is 0 Å². The maximum absolute atomic E-state index is 2.22. The smallest absolute Gasteiger partial charge is 0.0169 e. The van der Waals surface area contributed by atoms with Gasteiger partial charge in [-0.3, -0.25) is 0 Å². The van der Waals surface area contributed by atoms with Gasteiger partial charge >= 0.3 is 0 Å². The monoisotopic (exact) mass is 142 g/mol. The first-order valence-corrected chi connectivity index (χ1v) is 4.81. The Morgan fingerprint density at radius 3 is 2.67 bits per heavy atom. The summed E-state index contributed by atoms with van der Waals surface area (Å²) in [4.78, 5) is 0. The lowest BCUT2D eigenvalue weighted by Crippen LogP contribution is -1.65. The van der Waals surface area contributed by atoms with Gasteiger partial charge in [0.15, 0.2) is 0 Å². The van der Waals surface area contributed by atoms with Crippen LogP contribution < -0.4 is 0 Å². The molecule has 0 aliphatic rings. The molecule has 0 spiro atoms. The van der Waals surface area contributed by atoms with Crippen molar-refractivity contribution in [2.24, 2.45) is 0 Å². The van der Waals surface area contributed by atoms with Crippen LogP contribution in [0.4, 0.5) is 0 Å². The highest BCUT2D eigenvalue weighted by Crippen LogP contribution is 2.06. The van der Waals surface area contributed by atoms with Crippen LogP contribution in [0.5, 0.6) is 0 Å². The van der Waals surface area contributed by atoms with E-state index in [1.54, 1.807) is 0 Å². The van der Waals surface area contributed by atoms with Gasteiger partial charge in [0, 0.05) is 0 Å². The fraction of sp³-hybridized carbons (Fsp3) is 0.500. The molecule has 0 amide bonds. The molecule has 1 heteroatoms. The second-order valence-corrected chi connectivity index (χ2v) is 3.38. The predicted octanol–water partition coefficient (Wildman–Crippen LogP) is 2.82. The molecular weight excluding hydrogens is 127 g/mol. The molecule has 0 aromatic rings. The third-order valence-corrected chi connectivity index (χ3v) is 1.98. The molecule has 0 aromatic carbocycles. The molecule has 0 aromatic heterocycles. The fourth-order valence-corrected chi connectivity index (χ4v) is 1.08. The average molecular weight is 142 g/mol. The summed E-state index contributed by atoms with van der Waals surface area (Å²) in [6.45, 7) is 4.26. The van der Waals surface area contributed by atoms with Crippen molar-refractivity contribution in [2.75, 3.05) is 12.3 Å². The summed E-state index contributed by atoms with van der Waals surface area (Å²) in [5.74, 6) is 0. The molecule has 0 N–H and O–H groups in total. The minimum atomic E-state index is 1.11. The standard InChI is InChI=1S/C8H15P/c1-3-5-6-7-8-9-4-2/h3,5-7,9H,4,8H2,1-2H3. The Morgan fingerprint density at radius 2 is 2.11 bits per heavy atom. The van der Waals surface area contributed by atoms with Crippen LogP contribution in [0.25, 0.3) is 0 Å². The quantitative estimate of drug-likeness (QED) is 0.321. The summed E-state index contributed by atoms with van der Waals surface area (Å²) in [7, 11) is 1.11. The Hall–Kier alpha value is -0.0900. The molecule has 0 rings (SSSR count). The Bertz CT molecular complexity index is 92.7. The van der Waals surface area contributed by atoms with Crippen molar-refractivity contribution in [1.29, 1.82) is 0 Å². The lowest BCUT2D eigenvalue weighted by atomic mass is 10.5. The van der Waals surface area contributed by atoms with Crippen LogP contribution in [-0.4, -0.2) is 12.3 Å². The first-order chi connectivity index (χ1) is 4.41. The van der Waals surface area contributed by atoms with Crippen molar-refractivity contribution >= 4 is 8.58 Å². The van der Waals surface area contributed by atoms with Gasteiger partial charge in [0.25, 0.3) is 0 Å². The van der Waals surface area contributed by atoms with Gasteiger partial charge in [-0.25, -0.2) is 0 Å². The van der Waals surface area contributed by atoms with E-state index in [1.165, 1.54) is 12.3 Å². The molecule has 1 atom stereocenters. The molecule has 0 saturated carbocycles. The van der Waals surface area contributed by atoms with Crippen molar-refractivity contribution in [3.8, 4) is 0 Å². The van der Waals surface area contributed by atoms with E-state index in [2.05, 4.69) is 25.2 Å². The second kappa shape index (κ2) is 7.91. The molecule has 1 unspecified atom stereocenters. The molecule has 9 heavy (non-hydrogen) atoms. The van der Waals surface area contributed by atoms with Crippen molar-refractivity contribution in [1.82, 2.24) is 0 Å². The molecule has 0 radical (unpaired) electrons. The zero-order chi connectivity index (χ0) is 6.95. The molecule has 0 saturated heterocycles. The van der Waals surface area contributed by atoms with Crippen molar-refractivity contribution in [3.05, 3.63) is 24.3 Å². The lowest BCUT2D eigenvalue weighted by molar-refractivity contribution is 1.50. The van der Waals surface area contributed by atoms with Crippen molar-refractivity contribution < 1.29 is 0 Å². The average Bonchev–Trinajstić information content (AvgIpc) is 1.89. The molecule has 52 valence electrons. The SMILES string of the molecule is CC=CC=CCPCC. The Kier molecular flexibility index (Phi) is 7.83. The first-order valence-electron chi connectivity index (χ1n) is 3.40. The van der Waals surface area contributed by atoms with Gasteiger partial charge in [0.1, 0.15) is 0 Å².